The largest absolute Gasteiger partial charge is 0.462 e. The Morgan fingerprint density at radius 3 is 2.52 bits per heavy atom. The van der Waals surface area contributed by atoms with E-state index in [1.165, 1.54) is 0 Å². The summed E-state index contributed by atoms with van der Waals surface area (Å²) in [6, 6.07) is 17.3. The first-order valence-electron chi connectivity index (χ1n) is 7.74. The van der Waals surface area contributed by atoms with Gasteiger partial charge in [-0.25, -0.2) is 18.4 Å². The Kier molecular flexibility index (Phi) is 4.57. The SMILES string of the molecule is CCOC(=O)c1cccc(-c2ccc3ccccc3c2S(N)(=O)=O)c1. The normalized spacial score (nSPS) is 11.4. The number of rotatable bonds is 4. The second-order valence-corrected chi connectivity index (χ2v) is 7.01. The molecule has 0 saturated heterocycles. The van der Waals surface area contributed by atoms with Crippen LogP contribution in [-0.4, -0.2) is 21.0 Å². The van der Waals surface area contributed by atoms with Gasteiger partial charge in [0.1, 0.15) is 0 Å². The number of hydrogen-bond donors (Lipinski definition) is 1. The molecular weight excluding hydrogens is 338 g/mol. The Balaban J connectivity index is 2.26. The third-order valence-electron chi connectivity index (χ3n) is 3.85. The van der Waals surface area contributed by atoms with Gasteiger partial charge in [0, 0.05) is 10.9 Å². The molecule has 0 bridgehead atoms. The van der Waals surface area contributed by atoms with E-state index >= 15 is 0 Å². The summed E-state index contributed by atoms with van der Waals surface area (Å²) in [5.41, 5.74) is 1.39. The van der Waals surface area contributed by atoms with Gasteiger partial charge < -0.3 is 4.74 Å². The zero-order valence-corrected chi connectivity index (χ0v) is 14.4. The lowest BCUT2D eigenvalue weighted by atomic mass is 9.99. The molecule has 0 atom stereocenters. The quantitative estimate of drug-likeness (QED) is 0.727. The van der Waals surface area contributed by atoms with E-state index in [4.69, 9.17) is 9.88 Å². The summed E-state index contributed by atoms with van der Waals surface area (Å²) in [5, 5.41) is 6.81. The molecule has 0 amide bonds. The fourth-order valence-corrected chi connectivity index (χ4v) is 3.79. The molecule has 0 saturated carbocycles. The second-order valence-electron chi connectivity index (χ2n) is 5.51. The Bertz CT molecular complexity index is 1060. The van der Waals surface area contributed by atoms with Gasteiger partial charge in [0.2, 0.25) is 10.0 Å². The molecule has 0 spiro atoms. The number of esters is 1. The van der Waals surface area contributed by atoms with E-state index in [9.17, 15) is 13.2 Å². The standard InChI is InChI=1S/C19H17NO4S/c1-2-24-19(21)15-8-5-7-14(12-15)17-11-10-13-6-3-4-9-16(13)18(17)25(20,22)23/h3-12H,2H2,1H3,(H2,20,22,23). The highest BCUT2D eigenvalue weighted by atomic mass is 32.2. The molecule has 0 fully saturated rings. The van der Waals surface area contributed by atoms with Crippen LogP contribution in [-0.2, 0) is 14.8 Å². The smallest absolute Gasteiger partial charge is 0.338 e. The van der Waals surface area contributed by atoms with Crippen LogP contribution >= 0.6 is 0 Å². The molecule has 6 heteroatoms. The Labute approximate surface area is 146 Å². The van der Waals surface area contributed by atoms with E-state index in [2.05, 4.69) is 0 Å². The number of primary sulfonamides is 1. The van der Waals surface area contributed by atoms with Gasteiger partial charge in [0.05, 0.1) is 17.1 Å². The molecule has 5 nitrogen and oxygen atoms in total. The summed E-state index contributed by atoms with van der Waals surface area (Å²) in [6.07, 6.45) is 0. The molecule has 0 radical (unpaired) electrons. The number of benzene rings is 3. The minimum absolute atomic E-state index is 0.0478. The number of fused-ring (bicyclic) bond motifs is 1. The van der Waals surface area contributed by atoms with Gasteiger partial charge in [0.25, 0.3) is 0 Å². The van der Waals surface area contributed by atoms with Crippen molar-refractivity contribution in [1.29, 1.82) is 0 Å². The van der Waals surface area contributed by atoms with Crippen molar-refractivity contribution in [3.8, 4) is 11.1 Å². The molecule has 3 aromatic carbocycles. The first kappa shape index (κ1) is 17.1. The molecule has 0 aliphatic rings. The number of carbonyl (C=O) groups excluding carboxylic acids is 1. The molecule has 128 valence electrons. The molecule has 0 aliphatic heterocycles. The number of ether oxygens (including phenoxy) is 1. The minimum atomic E-state index is -3.97. The molecule has 3 aromatic rings. The zero-order chi connectivity index (χ0) is 18.0. The van der Waals surface area contributed by atoms with Gasteiger partial charge in [-0.2, -0.15) is 0 Å². The molecular formula is C19H17NO4S. The van der Waals surface area contributed by atoms with E-state index in [1.54, 1.807) is 49.4 Å². The lowest BCUT2D eigenvalue weighted by Crippen LogP contribution is -2.14. The molecule has 0 aliphatic carbocycles. The summed E-state index contributed by atoms with van der Waals surface area (Å²) >= 11 is 0. The number of carbonyl (C=O) groups is 1. The van der Waals surface area contributed by atoms with E-state index in [-0.39, 0.29) is 11.5 Å². The van der Waals surface area contributed by atoms with Gasteiger partial charge in [-0.05, 0) is 30.0 Å². The highest BCUT2D eigenvalue weighted by Crippen LogP contribution is 2.33. The van der Waals surface area contributed by atoms with Crippen LogP contribution < -0.4 is 5.14 Å². The van der Waals surface area contributed by atoms with Crippen LogP contribution in [0.15, 0.2) is 65.6 Å². The fourth-order valence-electron chi connectivity index (χ4n) is 2.80. The van der Waals surface area contributed by atoms with Crippen LogP contribution in [0.1, 0.15) is 17.3 Å². The van der Waals surface area contributed by atoms with E-state index in [1.807, 2.05) is 18.2 Å². The predicted octanol–water partition coefficient (Wildman–Crippen LogP) is 3.33. The van der Waals surface area contributed by atoms with Crippen LogP contribution in [0, 0.1) is 0 Å². The van der Waals surface area contributed by atoms with Crippen molar-refractivity contribution in [2.24, 2.45) is 5.14 Å². The van der Waals surface area contributed by atoms with Crippen LogP contribution in [0.2, 0.25) is 0 Å². The van der Waals surface area contributed by atoms with E-state index in [0.29, 0.717) is 22.1 Å². The molecule has 2 N–H and O–H groups in total. The van der Waals surface area contributed by atoms with Crippen molar-refractivity contribution in [3.05, 3.63) is 66.2 Å². The lowest BCUT2D eigenvalue weighted by molar-refractivity contribution is 0.0526. The third-order valence-corrected chi connectivity index (χ3v) is 4.86. The first-order chi connectivity index (χ1) is 11.9. The Hall–Kier alpha value is -2.70. The van der Waals surface area contributed by atoms with E-state index in [0.717, 1.165) is 5.39 Å². The topological polar surface area (TPSA) is 86.5 Å². The maximum Gasteiger partial charge on any atom is 0.338 e. The summed E-state index contributed by atoms with van der Waals surface area (Å²) in [5.74, 6) is -0.456. The summed E-state index contributed by atoms with van der Waals surface area (Å²) in [4.78, 5) is 12.0. The maximum atomic E-state index is 12.2. The number of nitrogens with two attached hydrogens (primary N) is 1. The van der Waals surface area contributed by atoms with Crippen molar-refractivity contribution >= 4 is 26.8 Å². The average molecular weight is 355 g/mol. The van der Waals surface area contributed by atoms with Crippen LogP contribution in [0.4, 0.5) is 0 Å². The highest BCUT2D eigenvalue weighted by molar-refractivity contribution is 7.89. The third kappa shape index (κ3) is 3.40. The van der Waals surface area contributed by atoms with Crippen molar-refractivity contribution in [1.82, 2.24) is 0 Å². The zero-order valence-electron chi connectivity index (χ0n) is 13.6. The van der Waals surface area contributed by atoms with Gasteiger partial charge in [-0.3, -0.25) is 0 Å². The van der Waals surface area contributed by atoms with Crippen molar-refractivity contribution in [2.75, 3.05) is 6.61 Å². The van der Waals surface area contributed by atoms with Gasteiger partial charge in [0.15, 0.2) is 0 Å². The van der Waals surface area contributed by atoms with Crippen molar-refractivity contribution in [3.63, 3.8) is 0 Å². The molecule has 0 heterocycles. The number of sulfonamides is 1. The average Bonchev–Trinajstić information content (AvgIpc) is 2.60. The van der Waals surface area contributed by atoms with Gasteiger partial charge >= 0.3 is 5.97 Å². The summed E-state index contributed by atoms with van der Waals surface area (Å²) in [7, 11) is -3.97. The van der Waals surface area contributed by atoms with Gasteiger partial charge in [-0.1, -0.05) is 48.5 Å². The second kappa shape index (κ2) is 6.66. The minimum Gasteiger partial charge on any atom is -0.462 e. The highest BCUT2D eigenvalue weighted by Gasteiger charge is 2.19. The van der Waals surface area contributed by atoms with Crippen molar-refractivity contribution < 1.29 is 17.9 Å². The lowest BCUT2D eigenvalue weighted by Gasteiger charge is -2.12. The monoisotopic (exact) mass is 355 g/mol. The van der Waals surface area contributed by atoms with Crippen LogP contribution in [0.25, 0.3) is 21.9 Å². The molecule has 0 unspecified atom stereocenters. The van der Waals surface area contributed by atoms with Crippen LogP contribution in [0.5, 0.6) is 0 Å². The van der Waals surface area contributed by atoms with Crippen LogP contribution in [0.3, 0.4) is 0 Å². The van der Waals surface area contributed by atoms with Crippen molar-refractivity contribution in [2.45, 2.75) is 11.8 Å². The fraction of sp³-hybridized carbons (Fsp3) is 0.105. The van der Waals surface area contributed by atoms with Gasteiger partial charge in [-0.15, -0.1) is 0 Å². The first-order valence-corrected chi connectivity index (χ1v) is 9.28. The Morgan fingerprint density at radius 1 is 1.04 bits per heavy atom. The van der Waals surface area contributed by atoms with E-state index < -0.39 is 16.0 Å². The number of hydrogen-bond acceptors (Lipinski definition) is 4. The predicted molar refractivity (Wildman–Crippen MR) is 96.7 cm³/mol. The maximum absolute atomic E-state index is 12.2. The Morgan fingerprint density at radius 2 is 1.80 bits per heavy atom. The molecule has 0 aromatic heterocycles. The summed E-state index contributed by atoms with van der Waals surface area (Å²) in [6.45, 7) is 1.99. The summed E-state index contributed by atoms with van der Waals surface area (Å²) < 4.78 is 29.5. The molecule has 3 rings (SSSR count). The molecule has 25 heavy (non-hydrogen) atoms.